The molecule has 0 amide bonds. The number of benzene rings is 1. The Labute approximate surface area is 133 Å². The zero-order chi connectivity index (χ0) is 15.2. The Balaban J connectivity index is 2.16. The molecule has 1 aromatic rings. The second kappa shape index (κ2) is 8.02. The van der Waals surface area contributed by atoms with Gasteiger partial charge >= 0.3 is 0 Å². The molecule has 0 saturated carbocycles. The van der Waals surface area contributed by atoms with Crippen LogP contribution in [0.4, 0.5) is 5.69 Å². The monoisotopic (exact) mass is 310 g/mol. The largest absolute Gasteiger partial charge is 0.383 e. The van der Waals surface area contributed by atoms with E-state index in [9.17, 15) is 0 Å². The molecule has 118 valence electrons. The number of methoxy groups -OCH3 is 1. The molecule has 0 aromatic heterocycles. The SMILES string of the molecule is COCCNCc1c(Cl)cccc1N1CCCC(C)C1C. The molecule has 2 atom stereocenters. The maximum Gasteiger partial charge on any atom is 0.0587 e. The van der Waals surface area contributed by atoms with E-state index in [0.717, 1.165) is 37.2 Å². The first kappa shape index (κ1) is 16.6. The van der Waals surface area contributed by atoms with Crippen LogP contribution < -0.4 is 10.2 Å². The number of hydrogen-bond donors (Lipinski definition) is 1. The minimum absolute atomic E-state index is 0.565. The van der Waals surface area contributed by atoms with Gasteiger partial charge in [0.05, 0.1) is 6.61 Å². The molecule has 0 radical (unpaired) electrons. The van der Waals surface area contributed by atoms with Crippen LogP contribution in [0.25, 0.3) is 0 Å². The highest BCUT2D eigenvalue weighted by Crippen LogP contribution is 2.33. The van der Waals surface area contributed by atoms with E-state index in [4.69, 9.17) is 16.3 Å². The summed E-state index contributed by atoms with van der Waals surface area (Å²) < 4.78 is 5.08. The molecule has 2 unspecified atom stereocenters. The smallest absolute Gasteiger partial charge is 0.0587 e. The molecule has 21 heavy (non-hydrogen) atoms. The first-order valence-electron chi connectivity index (χ1n) is 7.88. The minimum Gasteiger partial charge on any atom is -0.383 e. The quantitative estimate of drug-likeness (QED) is 0.811. The number of nitrogens with one attached hydrogen (secondary N) is 1. The minimum atomic E-state index is 0.565. The van der Waals surface area contributed by atoms with Crippen molar-refractivity contribution in [3.63, 3.8) is 0 Å². The molecule has 0 spiro atoms. The molecule has 3 nitrogen and oxygen atoms in total. The van der Waals surface area contributed by atoms with E-state index in [0.29, 0.717) is 6.04 Å². The predicted octanol–water partition coefficient (Wildman–Crippen LogP) is 3.70. The van der Waals surface area contributed by atoms with Crippen LogP contribution in [0.3, 0.4) is 0 Å². The van der Waals surface area contributed by atoms with Gasteiger partial charge in [-0.15, -0.1) is 0 Å². The van der Waals surface area contributed by atoms with E-state index in [1.807, 2.05) is 6.07 Å². The number of piperidine rings is 1. The van der Waals surface area contributed by atoms with Crippen molar-refractivity contribution >= 4 is 17.3 Å². The van der Waals surface area contributed by atoms with Gasteiger partial charge in [0.1, 0.15) is 0 Å². The van der Waals surface area contributed by atoms with Gasteiger partial charge in [-0.3, -0.25) is 0 Å². The zero-order valence-electron chi connectivity index (χ0n) is 13.4. The molecule has 4 heteroatoms. The molecule has 1 heterocycles. The van der Waals surface area contributed by atoms with Gasteiger partial charge < -0.3 is 15.0 Å². The lowest BCUT2D eigenvalue weighted by molar-refractivity contribution is 0.199. The Bertz CT molecular complexity index is 452. The second-order valence-corrected chi connectivity index (χ2v) is 6.37. The fraction of sp³-hybridized carbons (Fsp3) is 0.647. The Morgan fingerprint density at radius 2 is 2.19 bits per heavy atom. The molecule has 1 saturated heterocycles. The molecule has 1 aromatic carbocycles. The van der Waals surface area contributed by atoms with E-state index >= 15 is 0 Å². The van der Waals surface area contributed by atoms with E-state index in [-0.39, 0.29) is 0 Å². The standard InChI is InChI=1S/C17H27ClN2O/c1-13-6-5-10-20(14(13)2)17-8-4-7-16(18)15(17)12-19-9-11-21-3/h4,7-8,13-14,19H,5-6,9-12H2,1-3H3. The van der Waals surface area contributed by atoms with Crippen molar-refractivity contribution in [3.8, 4) is 0 Å². The summed E-state index contributed by atoms with van der Waals surface area (Å²) in [6.45, 7) is 8.14. The molecule has 2 rings (SSSR count). The topological polar surface area (TPSA) is 24.5 Å². The van der Waals surface area contributed by atoms with Gasteiger partial charge in [-0.05, 0) is 37.8 Å². The Morgan fingerprint density at radius 1 is 1.38 bits per heavy atom. The van der Waals surface area contributed by atoms with E-state index < -0.39 is 0 Å². The van der Waals surface area contributed by atoms with Crippen LogP contribution in [-0.2, 0) is 11.3 Å². The summed E-state index contributed by atoms with van der Waals surface area (Å²) in [5, 5.41) is 4.26. The van der Waals surface area contributed by atoms with Gasteiger partial charge in [-0.25, -0.2) is 0 Å². The van der Waals surface area contributed by atoms with Gasteiger partial charge in [-0.2, -0.15) is 0 Å². The number of nitrogens with zero attached hydrogens (tertiary/aromatic N) is 1. The number of ether oxygens (including phenoxy) is 1. The van der Waals surface area contributed by atoms with Crippen molar-refractivity contribution in [1.82, 2.24) is 5.32 Å². The number of halogens is 1. The first-order valence-corrected chi connectivity index (χ1v) is 8.26. The average molecular weight is 311 g/mol. The lowest BCUT2D eigenvalue weighted by Gasteiger charge is -2.40. The summed E-state index contributed by atoms with van der Waals surface area (Å²) in [7, 11) is 1.72. The normalized spacial score (nSPS) is 22.6. The molecule has 0 bridgehead atoms. The molecule has 1 aliphatic heterocycles. The van der Waals surface area contributed by atoms with E-state index in [1.54, 1.807) is 7.11 Å². The molecule has 1 fully saturated rings. The van der Waals surface area contributed by atoms with Crippen molar-refractivity contribution in [1.29, 1.82) is 0 Å². The highest BCUT2D eigenvalue weighted by Gasteiger charge is 2.26. The third kappa shape index (κ3) is 4.12. The van der Waals surface area contributed by atoms with Crippen LogP contribution in [0.5, 0.6) is 0 Å². The molecular weight excluding hydrogens is 284 g/mol. The number of hydrogen-bond acceptors (Lipinski definition) is 3. The van der Waals surface area contributed by atoms with Gasteiger partial charge in [-0.1, -0.05) is 24.6 Å². The summed E-state index contributed by atoms with van der Waals surface area (Å²) in [4.78, 5) is 2.52. The summed E-state index contributed by atoms with van der Waals surface area (Å²) in [6, 6.07) is 6.81. The summed E-state index contributed by atoms with van der Waals surface area (Å²) in [6.07, 6.45) is 2.58. The van der Waals surface area contributed by atoms with Gasteiger partial charge in [0.15, 0.2) is 0 Å². The summed E-state index contributed by atoms with van der Waals surface area (Å²) in [5.41, 5.74) is 2.49. The first-order chi connectivity index (χ1) is 10.1. The lowest BCUT2D eigenvalue weighted by atomic mass is 9.91. The van der Waals surface area contributed by atoms with Crippen LogP contribution in [0.15, 0.2) is 18.2 Å². The molecule has 1 aliphatic rings. The predicted molar refractivity (Wildman–Crippen MR) is 90.2 cm³/mol. The van der Waals surface area contributed by atoms with Crippen LogP contribution in [0.2, 0.25) is 5.02 Å². The van der Waals surface area contributed by atoms with Crippen LogP contribution >= 0.6 is 11.6 Å². The number of anilines is 1. The third-order valence-corrected chi connectivity index (χ3v) is 4.92. The van der Waals surface area contributed by atoms with Crippen LogP contribution in [0.1, 0.15) is 32.3 Å². The molecule has 0 aliphatic carbocycles. The fourth-order valence-electron chi connectivity index (χ4n) is 3.05. The third-order valence-electron chi connectivity index (χ3n) is 4.56. The van der Waals surface area contributed by atoms with Crippen molar-refractivity contribution in [2.45, 2.75) is 39.3 Å². The molecular formula is C17H27ClN2O. The van der Waals surface area contributed by atoms with Crippen molar-refractivity contribution in [3.05, 3.63) is 28.8 Å². The Morgan fingerprint density at radius 3 is 2.95 bits per heavy atom. The average Bonchev–Trinajstić information content (AvgIpc) is 2.48. The maximum absolute atomic E-state index is 6.45. The van der Waals surface area contributed by atoms with Crippen molar-refractivity contribution in [2.24, 2.45) is 5.92 Å². The Kier molecular flexibility index (Phi) is 6.34. The second-order valence-electron chi connectivity index (χ2n) is 5.96. The van der Waals surface area contributed by atoms with Gasteiger partial charge in [0, 0.05) is 49.1 Å². The van der Waals surface area contributed by atoms with Crippen molar-refractivity contribution in [2.75, 3.05) is 31.7 Å². The van der Waals surface area contributed by atoms with Gasteiger partial charge in [0.25, 0.3) is 0 Å². The summed E-state index contributed by atoms with van der Waals surface area (Å²) in [5.74, 6) is 0.729. The highest BCUT2D eigenvalue weighted by atomic mass is 35.5. The van der Waals surface area contributed by atoms with Crippen LogP contribution in [0, 0.1) is 5.92 Å². The summed E-state index contributed by atoms with van der Waals surface area (Å²) >= 11 is 6.45. The van der Waals surface area contributed by atoms with E-state index in [1.165, 1.54) is 24.1 Å². The van der Waals surface area contributed by atoms with E-state index in [2.05, 4.69) is 36.2 Å². The Hall–Kier alpha value is -0.770. The molecule has 1 N–H and O–H groups in total. The lowest BCUT2D eigenvalue weighted by Crippen LogP contribution is -2.43. The zero-order valence-corrected chi connectivity index (χ0v) is 14.1. The number of rotatable bonds is 6. The van der Waals surface area contributed by atoms with Crippen LogP contribution in [-0.4, -0.2) is 32.8 Å². The maximum atomic E-state index is 6.45. The highest BCUT2D eigenvalue weighted by molar-refractivity contribution is 6.31. The van der Waals surface area contributed by atoms with Crippen molar-refractivity contribution < 1.29 is 4.74 Å². The van der Waals surface area contributed by atoms with Gasteiger partial charge in [0.2, 0.25) is 0 Å². The fourth-order valence-corrected chi connectivity index (χ4v) is 3.29.